The predicted molar refractivity (Wildman–Crippen MR) is 349 cm³/mol. The maximum atomic E-state index is 13.3. The van der Waals surface area contributed by atoms with E-state index in [1.807, 2.05) is 48.5 Å². The van der Waals surface area contributed by atoms with E-state index in [-0.39, 0.29) is 13.1 Å². The van der Waals surface area contributed by atoms with Crippen LogP contribution in [-0.2, 0) is 64.4 Å². The Balaban J connectivity index is 0.000000462. The molecule has 602 valence electrons. The molecule has 30 nitrogen and oxygen atoms in total. The highest BCUT2D eigenvalue weighted by Crippen LogP contribution is 2.40. The molecule has 0 aliphatic carbocycles. The summed E-state index contributed by atoms with van der Waals surface area (Å²) in [7, 11) is 3.25. The molecule has 0 radical (unpaired) electrons. The van der Waals surface area contributed by atoms with Crippen LogP contribution in [0.4, 0.5) is 52.7 Å². The number of aliphatic hydroxyl groups is 8. The van der Waals surface area contributed by atoms with Gasteiger partial charge < -0.3 is 110 Å². The van der Waals surface area contributed by atoms with Crippen LogP contribution in [0.2, 0.25) is 0 Å². The Morgan fingerprint density at radius 1 is 0.536 bits per heavy atom. The van der Waals surface area contributed by atoms with Crippen molar-refractivity contribution >= 4 is 101 Å². The van der Waals surface area contributed by atoms with E-state index in [0.29, 0.717) is 23.3 Å². The molecule has 8 atom stereocenters. The second-order valence-electron chi connectivity index (χ2n) is 25.9. The van der Waals surface area contributed by atoms with Gasteiger partial charge in [-0.2, -0.15) is 52.7 Å². The van der Waals surface area contributed by atoms with Gasteiger partial charge in [0.1, 0.15) is 60.1 Å². The quantitative estimate of drug-likeness (QED) is 0.0440. The van der Waals surface area contributed by atoms with E-state index < -0.39 is 122 Å². The van der Waals surface area contributed by atoms with E-state index >= 15 is 0 Å². The minimum atomic E-state index is -5.19. The Hall–Kier alpha value is -9.60. The SMILES string of the molecule is COc1ccc2[nH]c3c(CNC(=O)[C@]4(O)O[C@H](CO)[C@H](O)[C@H]4O)cc4cc[n+](CCN5CCC(C6CCN(CC[n+]7ccc8cc(CNC(=O)[C@]9(O)OC(CO)[C@H](O)[C@H]9O)c9[nH]c%10ccc(OC)cc%10c9c8c7)CC6)CC5)cc4c3c2c1.O=C(O)C(F)(F)F.O=C(O)C(F)(F)F.O=C([O-])C(F)(F)F.O=C([O-])C(F)(F)F. The van der Waals surface area contributed by atoms with Gasteiger partial charge in [0, 0.05) is 57.8 Å². The molecule has 0 spiro atoms. The number of pyridine rings is 2. The van der Waals surface area contributed by atoms with Crippen molar-refractivity contribution < 1.29 is 171 Å². The lowest BCUT2D eigenvalue weighted by molar-refractivity contribution is -0.695. The number of carboxylic acid groups (broad SMARTS) is 4. The zero-order valence-corrected chi connectivity index (χ0v) is 57.7. The Labute approximate surface area is 611 Å². The molecular weight excluding hydrogens is 1510 g/mol. The number of rotatable bonds is 17. The third kappa shape index (κ3) is 19.9. The minimum absolute atomic E-state index is 0.0313. The van der Waals surface area contributed by atoms with Crippen molar-refractivity contribution in [1.82, 2.24) is 30.4 Å². The summed E-state index contributed by atoms with van der Waals surface area (Å²) < 4.78 is 153. The van der Waals surface area contributed by atoms with Crippen molar-refractivity contribution in [2.45, 2.75) is 125 Å². The summed E-state index contributed by atoms with van der Waals surface area (Å²) in [6, 6.07) is 19.8. The van der Waals surface area contributed by atoms with Gasteiger partial charge in [-0.05, 0) is 134 Å². The zero-order valence-electron chi connectivity index (χ0n) is 57.7. The number of methoxy groups -OCH3 is 2. The largest absolute Gasteiger partial charge is 0.542 e. The molecule has 4 aromatic carbocycles. The van der Waals surface area contributed by atoms with Crippen LogP contribution < -0.4 is 39.5 Å². The Bertz CT molecular complexity index is 4310. The fourth-order valence-electron chi connectivity index (χ4n) is 13.2. The van der Waals surface area contributed by atoms with Crippen LogP contribution in [0.25, 0.3) is 65.2 Å². The molecule has 4 aromatic heterocycles. The Kier molecular flexibility index (Phi) is 27.2. The number of aliphatic hydroxyl groups excluding tert-OH is 6. The van der Waals surface area contributed by atoms with E-state index in [1.165, 1.54) is 25.7 Å². The first kappa shape index (κ1) is 86.0. The molecule has 0 bridgehead atoms. The molecule has 0 saturated carbocycles. The lowest BCUT2D eigenvalue weighted by Crippen LogP contribution is -2.54. The van der Waals surface area contributed by atoms with Crippen LogP contribution >= 0.6 is 0 Å². The summed E-state index contributed by atoms with van der Waals surface area (Å²) in [5.41, 5.74) is 4.80. The number of carboxylic acids is 4. The fraction of sp³-hybridized carbons (Fsp3) is 0.471. The molecule has 12 rings (SSSR count). The molecule has 2 amide bonds. The summed E-state index contributed by atoms with van der Waals surface area (Å²) in [5, 5.41) is 127. The maximum absolute atomic E-state index is 13.3. The lowest BCUT2D eigenvalue weighted by Gasteiger charge is -2.39. The van der Waals surface area contributed by atoms with Crippen molar-refractivity contribution in [2.24, 2.45) is 11.8 Å². The van der Waals surface area contributed by atoms with E-state index in [2.05, 4.69) is 76.5 Å². The third-order valence-corrected chi connectivity index (χ3v) is 18.9. The highest BCUT2D eigenvalue weighted by Gasteiger charge is 2.59. The average Bonchev–Trinajstić information content (AvgIpc) is 1.57. The number of likely N-dealkylation sites (tertiary alicyclic amines) is 2. The first-order valence-electron chi connectivity index (χ1n) is 33.2. The number of carbonyl (C=O) groups excluding carboxylic acids is 4. The standard InChI is InChI=1S/C60H70N8O14.4C2HF3O2/c1-79-39-3-5-45-41(25-39)49-43-29-67(17-11-35(43)23-37(51(49)63-45)27-61-57(75)59(77)55(73)53(71)47(31-69)81-59)21-19-65-13-7-33(8-14-65)34-9-15-66(16-10-34)20-22-68-18-12-36-24-38(28-62-58(76)60(78)56(74)54(72)48(32-70)82-60)52-50(44(36)30-68)42-26-40(80-2)4-6-46(42)64-52;4*3-2(4,5)1(6)7/h3-6,11-12,17-18,23-26,29-30,33-34,47-48,53-56,69-74,77-78H,7-10,13-16,19-22,27-28,31-32H2,1-2H3,(H2,61,62,75,76);4*(H,6,7)/t47-,48?,53+,54+,55-,56-,59-,60-;;;;/m1..../s1. The molecule has 4 aliphatic rings. The molecule has 8 heterocycles. The highest BCUT2D eigenvalue weighted by atomic mass is 19.4. The third-order valence-electron chi connectivity index (χ3n) is 18.9. The predicted octanol–water partition coefficient (Wildman–Crippen LogP) is 0.678. The van der Waals surface area contributed by atoms with Gasteiger partial charge in [-0.25, -0.2) is 18.7 Å². The summed E-state index contributed by atoms with van der Waals surface area (Å²) in [4.78, 5) is 74.2. The first-order valence-corrected chi connectivity index (χ1v) is 33.2. The van der Waals surface area contributed by atoms with Gasteiger partial charge in [0.25, 0.3) is 23.4 Å². The van der Waals surface area contributed by atoms with Crippen molar-refractivity contribution in [3.05, 3.63) is 96.6 Å². The number of aromatic nitrogens is 4. The number of carbonyl (C=O) groups is 6. The second kappa shape index (κ2) is 34.8. The summed E-state index contributed by atoms with van der Waals surface area (Å²) in [6.45, 7) is 6.23. The van der Waals surface area contributed by atoms with Gasteiger partial charge in [-0.15, -0.1) is 0 Å². The van der Waals surface area contributed by atoms with Crippen LogP contribution in [0.3, 0.4) is 0 Å². The van der Waals surface area contributed by atoms with Gasteiger partial charge in [-0.1, -0.05) is 0 Å². The summed E-state index contributed by atoms with van der Waals surface area (Å²) in [5.74, 6) is -16.3. The van der Waals surface area contributed by atoms with Gasteiger partial charge >= 0.3 is 36.6 Å². The van der Waals surface area contributed by atoms with Crippen molar-refractivity contribution in [3.63, 3.8) is 0 Å². The molecule has 42 heteroatoms. The number of alkyl halides is 12. The van der Waals surface area contributed by atoms with E-state index in [1.54, 1.807) is 14.2 Å². The zero-order chi connectivity index (χ0) is 81.5. The van der Waals surface area contributed by atoms with Crippen LogP contribution in [0, 0.1) is 11.8 Å². The minimum Gasteiger partial charge on any atom is -0.542 e. The number of ether oxygens (including phenoxy) is 4. The number of hydrogen-bond donors (Lipinski definition) is 14. The van der Waals surface area contributed by atoms with Crippen LogP contribution in [0.5, 0.6) is 11.5 Å². The molecule has 14 N–H and O–H groups in total. The van der Waals surface area contributed by atoms with Gasteiger partial charge in [-0.3, -0.25) is 19.4 Å². The smallest absolute Gasteiger partial charge is 0.490 e. The molecule has 8 aromatic rings. The summed E-state index contributed by atoms with van der Waals surface area (Å²) in [6.07, 6.45) is -17.2. The molecule has 110 heavy (non-hydrogen) atoms. The van der Waals surface area contributed by atoms with E-state index in [9.17, 15) is 103 Å². The number of piperidine rings is 2. The average molecular weight is 1580 g/mol. The number of amides is 2. The Morgan fingerprint density at radius 3 is 1.13 bits per heavy atom. The normalized spacial score (nSPS) is 22.3. The van der Waals surface area contributed by atoms with Gasteiger partial charge in [0.05, 0.1) is 62.3 Å². The first-order chi connectivity index (χ1) is 51.4. The number of halogens is 12. The van der Waals surface area contributed by atoms with Crippen LogP contribution in [0.15, 0.2) is 85.5 Å². The Morgan fingerprint density at radius 2 is 0.855 bits per heavy atom. The lowest BCUT2D eigenvalue weighted by atomic mass is 9.79. The van der Waals surface area contributed by atoms with Crippen molar-refractivity contribution in [2.75, 3.05) is 66.7 Å². The molecule has 4 fully saturated rings. The monoisotopic (exact) mass is 1580 g/mol. The fourth-order valence-corrected chi connectivity index (χ4v) is 13.2. The second-order valence-corrected chi connectivity index (χ2v) is 25.9. The number of aliphatic carboxylic acids is 4. The number of nitrogens with one attached hydrogen (secondary N) is 4. The molecular formula is C68H74F12N8O22. The van der Waals surface area contributed by atoms with Gasteiger partial charge in [0.15, 0.2) is 37.9 Å². The van der Waals surface area contributed by atoms with Gasteiger partial charge in [0.2, 0.25) is 0 Å². The number of H-pyrrole nitrogens is 2. The van der Waals surface area contributed by atoms with E-state index in [4.69, 9.17) is 58.6 Å². The number of hydrogen-bond acceptors (Lipinski definition) is 22. The number of fused-ring (bicyclic) bond motifs is 10. The highest BCUT2D eigenvalue weighted by molar-refractivity contribution is 6.22. The number of nitrogens with zero attached hydrogens (tertiary/aromatic N) is 4. The van der Waals surface area contributed by atoms with Crippen LogP contribution in [0.1, 0.15) is 36.8 Å². The number of benzene rings is 4. The van der Waals surface area contributed by atoms with Crippen molar-refractivity contribution in [3.8, 4) is 11.5 Å². The number of aromatic amines is 2. The molecule has 4 aliphatic heterocycles. The summed E-state index contributed by atoms with van der Waals surface area (Å²) >= 11 is 0. The van der Waals surface area contributed by atoms with Crippen LogP contribution in [-0.4, -0.2) is 246 Å². The molecule has 4 saturated heterocycles. The maximum Gasteiger partial charge on any atom is 0.490 e. The molecule has 1 unspecified atom stereocenters. The van der Waals surface area contributed by atoms with E-state index in [0.717, 1.165) is 129 Å². The topological polar surface area (TPSA) is 458 Å². The van der Waals surface area contributed by atoms with Crippen molar-refractivity contribution in [1.29, 1.82) is 0 Å².